The van der Waals surface area contributed by atoms with E-state index in [2.05, 4.69) is 10.3 Å². The summed E-state index contributed by atoms with van der Waals surface area (Å²) >= 11 is 0. The number of fused-ring (bicyclic) bond motifs is 1. The van der Waals surface area contributed by atoms with Crippen LogP contribution in [0.25, 0.3) is 11.0 Å². The average Bonchev–Trinajstić information content (AvgIpc) is 3.00. The molecule has 0 aromatic carbocycles. The molecule has 0 bridgehead atoms. The molecule has 0 aliphatic carbocycles. The number of hydrogen-bond donors (Lipinski definition) is 1. The molecule has 0 fully saturated rings. The normalized spacial score (nSPS) is 12.8. The van der Waals surface area contributed by atoms with Crippen LogP contribution in [0.1, 0.15) is 50.4 Å². The Balaban J connectivity index is 2.28. The molecule has 1 atom stereocenters. The molecule has 0 spiro atoms. The Morgan fingerprint density at radius 2 is 2.04 bits per heavy atom. The highest BCUT2D eigenvalue weighted by molar-refractivity contribution is 6.07. The number of carbonyl (C=O) groups is 2. The van der Waals surface area contributed by atoms with Gasteiger partial charge in [-0.3, -0.25) is 9.18 Å². The third-order valence-electron chi connectivity index (χ3n) is 4.49. The number of nitrogens with zero attached hydrogens (tertiary/aromatic N) is 2. The van der Waals surface area contributed by atoms with Gasteiger partial charge >= 0.3 is 5.97 Å². The zero-order valence-corrected chi connectivity index (χ0v) is 16.4. The van der Waals surface area contributed by atoms with E-state index in [-0.39, 0.29) is 12.6 Å². The SMILES string of the molecule is COC(=O)C(NC(=O)c1cn(CCCCCF)c2ncccc12)C(C)(C)C. The summed E-state index contributed by atoms with van der Waals surface area (Å²) in [7, 11) is 1.31. The van der Waals surface area contributed by atoms with Gasteiger partial charge in [-0.15, -0.1) is 0 Å². The molecule has 1 amide bonds. The van der Waals surface area contributed by atoms with E-state index in [9.17, 15) is 14.0 Å². The molecular weight excluding hydrogens is 349 g/mol. The zero-order chi connectivity index (χ0) is 20.0. The predicted octanol–water partition coefficient (Wildman–Crippen LogP) is 3.49. The summed E-state index contributed by atoms with van der Waals surface area (Å²) in [4.78, 5) is 29.4. The van der Waals surface area contributed by atoms with Gasteiger partial charge in [-0.25, -0.2) is 9.78 Å². The molecule has 0 aliphatic rings. The first-order chi connectivity index (χ1) is 12.8. The number of unbranched alkanes of at least 4 members (excludes halogenated alkanes) is 2. The van der Waals surface area contributed by atoms with Gasteiger partial charge in [0.15, 0.2) is 0 Å². The summed E-state index contributed by atoms with van der Waals surface area (Å²) in [5.74, 6) is -0.829. The lowest BCUT2D eigenvalue weighted by atomic mass is 9.86. The van der Waals surface area contributed by atoms with Crippen molar-refractivity contribution in [3.63, 3.8) is 0 Å². The number of esters is 1. The minimum absolute atomic E-state index is 0.319. The van der Waals surface area contributed by atoms with Crippen LogP contribution in [0.3, 0.4) is 0 Å². The van der Waals surface area contributed by atoms with Crippen LogP contribution >= 0.6 is 0 Å². The smallest absolute Gasteiger partial charge is 0.328 e. The first-order valence-corrected chi connectivity index (χ1v) is 9.18. The van der Waals surface area contributed by atoms with Crippen molar-refractivity contribution in [2.24, 2.45) is 5.41 Å². The van der Waals surface area contributed by atoms with Crippen LogP contribution in [-0.2, 0) is 16.1 Å². The second kappa shape index (κ2) is 8.97. The Labute approximate surface area is 159 Å². The van der Waals surface area contributed by atoms with Crippen molar-refractivity contribution >= 4 is 22.9 Å². The van der Waals surface area contributed by atoms with Crippen molar-refractivity contribution in [3.05, 3.63) is 30.1 Å². The largest absolute Gasteiger partial charge is 0.467 e. The number of aromatic nitrogens is 2. The Bertz CT molecular complexity index is 795. The van der Waals surface area contributed by atoms with E-state index in [0.717, 1.165) is 18.2 Å². The zero-order valence-electron chi connectivity index (χ0n) is 16.4. The van der Waals surface area contributed by atoms with Crippen molar-refractivity contribution < 1.29 is 18.7 Å². The summed E-state index contributed by atoms with van der Waals surface area (Å²) in [5, 5.41) is 3.52. The maximum atomic E-state index is 12.9. The van der Waals surface area contributed by atoms with E-state index in [0.29, 0.717) is 24.2 Å². The molecule has 0 radical (unpaired) electrons. The average molecular weight is 377 g/mol. The van der Waals surface area contributed by atoms with Crippen LogP contribution < -0.4 is 5.32 Å². The van der Waals surface area contributed by atoms with E-state index in [1.807, 2.05) is 31.4 Å². The molecule has 2 heterocycles. The third kappa shape index (κ3) is 5.05. The van der Waals surface area contributed by atoms with E-state index >= 15 is 0 Å². The second-order valence-corrected chi connectivity index (χ2v) is 7.66. The van der Waals surface area contributed by atoms with Gasteiger partial charge in [0.1, 0.15) is 11.7 Å². The number of nitrogens with one attached hydrogen (secondary N) is 1. The maximum absolute atomic E-state index is 12.9. The minimum atomic E-state index is -0.769. The third-order valence-corrected chi connectivity index (χ3v) is 4.49. The van der Waals surface area contributed by atoms with Gasteiger partial charge in [0.05, 0.1) is 19.3 Å². The van der Waals surface area contributed by atoms with E-state index < -0.39 is 17.4 Å². The maximum Gasteiger partial charge on any atom is 0.328 e. The molecule has 7 heteroatoms. The minimum Gasteiger partial charge on any atom is -0.467 e. The summed E-state index contributed by atoms with van der Waals surface area (Å²) in [6.07, 6.45) is 5.54. The number of hydrogen-bond acceptors (Lipinski definition) is 4. The van der Waals surface area contributed by atoms with Crippen molar-refractivity contribution in [2.45, 2.75) is 52.6 Å². The first kappa shape index (κ1) is 20.9. The van der Waals surface area contributed by atoms with Gasteiger partial charge in [-0.05, 0) is 36.8 Å². The van der Waals surface area contributed by atoms with Gasteiger partial charge < -0.3 is 14.6 Å². The molecule has 0 saturated carbocycles. The Morgan fingerprint density at radius 1 is 1.30 bits per heavy atom. The number of aryl methyl sites for hydroxylation is 1. The molecular formula is C20H28FN3O3. The molecule has 1 N–H and O–H groups in total. The number of carbonyl (C=O) groups excluding carboxylic acids is 2. The first-order valence-electron chi connectivity index (χ1n) is 9.18. The number of rotatable bonds is 8. The molecule has 1 unspecified atom stereocenters. The van der Waals surface area contributed by atoms with Crippen LogP contribution in [0.15, 0.2) is 24.5 Å². The van der Waals surface area contributed by atoms with E-state index in [4.69, 9.17) is 4.74 Å². The number of amides is 1. The fraction of sp³-hybridized carbons (Fsp3) is 0.550. The van der Waals surface area contributed by atoms with Gasteiger partial charge in [0.2, 0.25) is 0 Å². The van der Waals surface area contributed by atoms with E-state index in [1.54, 1.807) is 18.5 Å². The van der Waals surface area contributed by atoms with Gasteiger partial charge in [0.25, 0.3) is 5.91 Å². The van der Waals surface area contributed by atoms with Gasteiger partial charge in [-0.2, -0.15) is 0 Å². The highest BCUT2D eigenvalue weighted by atomic mass is 19.1. The lowest BCUT2D eigenvalue weighted by Gasteiger charge is -2.28. The lowest BCUT2D eigenvalue weighted by molar-refractivity contribution is -0.145. The number of methoxy groups -OCH3 is 1. The number of halogens is 1. The Morgan fingerprint density at radius 3 is 2.67 bits per heavy atom. The summed E-state index contributed by atoms with van der Waals surface area (Å²) < 4.78 is 19.0. The van der Waals surface area contributed by atoms with Crippen LogP contribution in [0, 0.1) is 5.41 Å². The summed E-state index contributed by atoms with van der Waals surface area (Å²) in [5.41, 5.74) is 0.668. The number of pyridine rings is 1. The molecule has 0 aliphatic heterocycles. The van der Waals surface area contributed by atoms with Crippen molar-refractivity contribution in [3.8, 4) is 0 Å². The van der Waals surface area contributed by atoms with Crippen molar-refractivity contribution in [1.29, 1.82) is 0 Å². The predicted molar refractivity (Wildman–Crippen MR) is 102 cm³/mol. The van der Waals surface area contributed by atoms with Crippen molar-refractivity contribution in [2.75, 3.05) is 13.8 Å². The molecule has 27 heavy (non-hydrogen) atoms. The van der Waals surface area contributed by atoms with Crippen LogP contribution in [0.2, 0.25) is 0 Å². The molecule has 148 valence electrons. The molecule has 2 aromatic heterocycles. The van der Waals surface area contributed by atoms with Crippen molar-refractivity contribution in [1.82, 2.24) is 14.9 Å². The molecule has 0 saturated heterocycles. The quantitative estimate of drug-likeness (QED) is 0.564. The highest BCUT2D eigenvalue weighted by Crippen LogP contribution is 2.24. The molecule has 2 aromatic rings. The fourth-order valence-corrected chi connectivity index (χ4v) is 2.98. The highest BCUT2D eigenvalue weighted by Gasteiger charge is 2.34. The standard InChI is InChI=1S/C20H28FN3O3/c1-20(2,3)16(19(26)27-4)23-18(25)15-13-24(12-7-5-6-10-21)17-14(15)9-8-11-22-17/h8-9,11,13,16H,5-7,10,12H2,1-4H3,(H,23,25). The number of alkyl halides is 1. The topological polar surface area (TPSA) is 73.2 Å². The molecule has 6 nitrogen and oxygen atoms in total. The summed E-state index contributed by atoms with van der Waals surface area (Å²) in [6, 6.07) is 2.84. The van der Waals surface area contributed by atoms with Gasteiger partial charge in [-0.1, -0.05) is 20.8 Å². The second-order valence-electron chi connectivity index (χ2n) is 7.66. The summed E-state index contributed by atoms with van der Waals surface area (Å²) in [6.45, 7) is 5.93. The molecule has 2 rings (SSSR count). The van der Waals surface area contributed by atoms with Gasteiger partial charge in [0, 0.05) is 24.3 Å². The number of ether oxygens (including phenoxy) is 1. The monoisotopic (exact) mass is 377 g/mol. The van der Waals surface area contributed by atoms with Crippen LogP contribution in [0.4, 0.5) is 4.39 Å². The fourth-order valence-electron chi connectivity index (χ4n) is 2.98. The van der Waals surface area contributed by atoms with Crippen LogP contribution in [0.5, 0.6) is 0 Å². The Hall–Kier alpha value is -2.44. The van der Waals surface area contributed by atoms with Crippen LogP contribution in [-0.4, -0.2) is 41.3 Å². The van der Waals surface area contributed by atoms with E-state index in [1.165, 1.54) is 7.11 Å². The lowest BCUT2D eigenvalue weighted by Crippen LogP contribution is -2.49. The Kier molecular flexibility index (Phi) is 6.93.